The Kier molecular flexibility index (Phi) is 3.99. The number of carboxylic acids is 1. The Bertz CT molecular complexity index is 638. The summed E-state index contributed by atoms with van der Waals surface area (Å²) in [4.78, 5) is 26.7. The van der Waals surface area contributed by atoms with Gasteiger partial charge in [0.25, 0.3) is 0 Å². The summed E-state index contributed by atoms with van der Waals surface area (Å²) in [6, 6.07) is 3.83. The van der Waals surface area contributed by atoms with Gasteiger partial charge >= 0.3 is 5.97 Å². The molecule has 8 heteroatoms. The second kappa shape index (κ2) is 5.70. The first-order valence-corrected chi connectivity index (χ1v) is 6.06. The SMILES string of the molecule is CC(C(=O)Nc1ccc(Cl)cn1)n1ccc(C(=O)O)n1. The first kappa shape index (κ1) is 14.0. The summed E-state index contributed by atoms with van der Waals surface area (Å²) in [7, 11) is 0. The minimum absolute atomic E-state index is 0.116. The molecule has 0 spiro atoms. The van der Waals surface area contributed by atoms with E-state index in [1.165, 1.54) is 23.1 Å². The number of rotatable bonds is 4. The average Bonchev–Trinajstić information content (AvgIpc) is 2.90. The summed E-state index contributed by atoms with van der Waals surface area (Å²) in [6.45, 7) is 1.60. The maximum atomic E-state index is 12.0. The predicted molar refractivity (Wildman–Crippen MR) is 71.8 cm³/mol. The van der Waals surface area contributed by atoms with E-state index >= 15 is 0 Å². The van der Waals surface area contributed by atoms with E-state index < -0.39 is 12.0 Å². The highest BCUT2D eigenvalue weighted by Gasteiger charge is 2.18. The van der Waals surface area contributed by atoms with Gasteiger partial charge in [0.15, 0.2) is 5.69 Å². The van der Waals surface area contributed by atoms with E-state index in [4.69, 9.17) is 16.7 Å². The summed E-state index contributed by atoms with van der Waals surface area (Å²) in [6.07, 6.45) is 2.85. The van der Waals surface area contributed by atoms with Crippen molar-refractivity contribution in [3.05, 3.63) is 41.3 Å². The lowest BCUT2D eigenvalue weighted by Crippen LogP contribution is -2.24. The second-order valence-electron chi connectivity index (χ2n) is 4.01. The number of pyridine rings is 1. The van der Waals surface area contributed by atoms with Gasteiger partial charge in [0, 0.05) is 12.4 Å². The number of aromatic nitrogens is 3. The molecule has 2 N–H and O–H groups in total. The monoisotopic (exact) mass is 294 g/mol. The molecular formula is C12H11ClN4O3. The number of aromatic carboxylic acids is 1. The van der Waals surface area contributed by atoms with Crippen LogP contribution >= 0.6 is 11.6 Å². The Balaban J connectivity index is 2.07. The van der Waals surface area contributed by atoms with Gasteiger partial charge in [0.2, 0.25) is 5.91 Å². The van der Waals surface area contributed by atoms with Crippen molar-refractivity contribution in [1.82, 2.24) is 14.8 Å². The van der Waals surface area contributed by atoms with Gasteiger partial charge in [-0.3, -0.25) is 9.48 Å². The van der Waals surface area contributed by atoms with Gasteiger partial charge in [0.1, 0.15) is 11.9 Å². The number of hydrogen-bond acceptors (Lipinski definition) is 4. The minimum Gasteiger partial charge on any atom is -0.476 e. The third kappa shape index (κ3) is 3.12. The van der Waals surface area contributed by atoms with Crippen molar-refractivity contribution in [3.63, 3.8) is 0 Å². The molecule has 2 aromatic heterocycles. The first-order valence-electron chi connectivity index (χ1n) is 5.68. The van der Waals surface area contributed by atoms with E-state index in [9.17, 15) is 9.59 Å². The fourth-order valence-corrected chi connectivity index (χ4v) is 1.58. The Morgan fingerprint density at radius 1 is 1.40 bits per heavy atom. The molecule has 104 valence electrons. The van der Waals surface area contributed by atoms with Gasteiger partial charge in [-0.15, -0.1) is 0 Å². The van der Waals surface area contributed by atoms with Crippen LogP contribution in [0.25, 0.3) is 0 Å². The molecule has 0 aromatic carbocycles. The number of amides is 1. The van der Waals surface area contributed by atoms with Gasteiger partial charge in [-0.2, -0.15) is 5.10 Å². The molecule has 0 aliphatic rings. The third-order valence-corrected chi connectivity index (χ3v) is 2.81. The topological polar surface area (TPSA) is 97.1 Å². The smallest absolute Gasteiger partial charge is 0.356 e. The number of carbonyl (C=O) groups excluding carboxylic acids is 1. The van der Waals surface area contributed by atoms with Gasteiger partial charge in [0.05, 0.1) is 5.02 Å². The van der Waals surface area contributed by atoms with Crippen LogP contribution in [0.15, 0.2) is 30.6 Å². The van der Waals surface area contributed by atoms with Crippen LogP contribution in [0, 0.1) is 0 Å². The predicted octanol–water partition coefficient (Wildman–Crippen LogP) is 1.83. The molecule has 0 aliphatic carbocycles. The first-order chi connectivity index (χ1) is 9.47. The standard InChI is InChI=1S/C12H11ClN4O3/c1-7(17-5-4-9(16-17)12(19)20)11(18)15-10-3-2-8(13)6-14-10/h2-7H,1H3,(H,19,20)(H,14,15,18). The number of hydrogen-bond donors (Lipinski definition) is 2. The molecule has 2 rings (SSSR count). The van der Waals surface area contributed by atoms with E-state index in [0.717, 1.165) is 0 Å². The third-order valence-electron chi connectivity index (χ3n) is 2.58. The molecule has 0 fully saturated rings. The quantitative estimate of drug-likeness (QED) is 0.896. The van der Waals surface area contributed by atoms with Gasteiger partial charge in [-0.25, -0.2) is 9.78 Å². The molecule has 7 nitrogen and oxygen atoms in total. The molecule has 1 atom stereocenters. The van der Waals surface area contributed by atoms with Crippen LogP contribution in [0.2, 0.25) is 5.02 Å². The van der Waals surface area contributed by atoms with Crippen molar-refractivity contribution < 1.29 is 14.7 Å². The van der Waals surface area contributed by atoms with Crippen LogP contribution in [0.4, 0.5) is 5.82 Å². The highest BCUT2D eigenvalue weighted by atomic mass is 35.5. The number of carboxylic acid groups (broad SMARTS) is 1. The van der Waals surface area contributed by atoms with Crippen molar-refractivity contribution in [2.24, 2.45) is 0 Å². The van der Waals surface area contributed by atoms with E-state index in [1.54, 1.807) is 19.1 Å². The zero-order valence-corrected chi connectivity index (χ0v) is 11.2. The lowest BCUT2D eigenvalue weighted by Gasteiger charge is -2.12. The number of nitrogens with one attached hydrogen (secondary N) is 1. The number of nitrogens with zero attached hydrogens (tertiary/aromatic N) is 3. The summed E-state index contributed by atoms with van der Waals surface area (Å²) in [5, 5.41) is 15.6. The Labute approximate surface area is 119 Å². The molecule has 1 amide bonds. The average molecular weight is 295 g/mol. The maximum absolute atomic E-state index is 12.0. The Morgan fingerprint density at radius 2 is 2.15 bits per heavy atom. The van der Waals surface area contributed by atoms with Crippen molar-refractivity contribution in [2.45, 2.75) is 13.0 Å². The summed E-state index contributed by atoms with van der Waals surface area (Å²) in [5.41, 5.74) is -0.116. The number of halogens is 1. The Hall–Kier alpha value is -2.41. The van der Waals surface area contributed by atoms with Crippen LogP contribution in [-0.4, -0.2) is 31.7 Å². The summed E-state index contributed by atoms with van der Waals surface area (Å²) in [5.74, 6) is -1.15. The van der Waals surface area contributed by atoms with E-state index in [1.807, 2.05) is 0 Å². The highest BCUT2D eigenvalue weighted by Crippen LogP contribution is 2.12. The molecule has 0 aliphatic heterocycles. The van der Waals surface area contributed by atoms with Crippen LogP contribution in [0.1, 0.15) is 23.5 Å². The van der Waals surface area contributed by atoms with Crippen molar-refractivity contribution in [1.29, 1.82) is 0 Å². The summed E-state index contributed by atoms with van der Waals surface area (Å²) < 4.78 is 1.27. The lowest BCUT2D eigenvalue weighted by molar-refractivity contribution is -0.119. The maximum Gasteiger partial charge on any atom is 0.356 e. The van der Waals surface area contributed by atoms with Crippen molar-refractivity contribution >= 4 is 29.3 Å². The molecule has 0 radical (unpaired) electrons. The van der Waals surface area contributed by atoms with Crippen molar-refractivity contribution in [3.8, 4) is 0 Å². The number of carbonyl (C=O) groups is 2. The van der Waals surface area contributed by atoms with E-state index in [-0.39, 0.29) is 11.6 Å². The summed E-state index contributed by atoms with van der Waals surface area (Å²) >= 11 is 5.69. The normalized spacial score (nSPS) is 11.9. The Morgan fingerprint density at radius 3 is 2.70 bits per heavy atom. The largest absolute Gasteiger partial charge is 0.476 e. The van der Waals surface area contributed by atoms with Gasteiger partial charge < -0.3 is 10.4 Å². The van der Waals surface area contributed by atoms with E-state index in [2.05, 4.69) is 15.4 Å². The molecule has 2 heterocycles. The number of anilines is 1. The van der Waals surface area contributed by atoms with Crippen LogP contribution < -0.4 is 5.32 Å². The van der Waals surface area contributed by atoms with Gasteiger partial charge in [-0.1, -0.05) is 11.6 Å². The lowest BCUT2D eigenvalue weighted by atomic mass is 10.3. The van der Waals surface area contributed by atoms with Crippen LogP contribution in [0.5, 0.6) is 0 Å². The molecule has 2 aromatic rings. The highest BCUT2D eigenvalue weighted by molar-refractivity contribution is 6.30. The zero-order valence-electron chi connectivity index (χ0n) is 10.4. The molecule has 0 saturated heterocycles. The van der Waals surface area contributed by atoms with E-state index in [0.29, 0.717) is 10.8 Å². The van der Waals surface area contributed by atoms with Gasteiger partial charge in [-0.05, 0) is 25.1 Å². The van der Waals surface area contributed by atoms with Crippen molar-refractivity contribution in [2.75, 3.05) is 5.32 Å². The molecule has 0 bridgehead atoms. The fourth-order valence-electron chi connectivity index (χ4n) is 1.47. The zero-order chi connectivity index (χ0) is 14.7. The molecule has 0 saturated carbocycles. The van der Waals surface area contributed by atoms with Crippen LogP contribution in [-0.2, 0) is 4.79 Å². The second-order valence-corrected chi connectivity index (χ2v) is 4.45. The minimum atomic E-state index is -1.14. The van der Waals surface area contributed by atoms with Crippen LogP contribution in [0.3, 0.4) is 0 Å². The molecule has 20 heavy (non-hydrogen) atoms. The molecular weight excluding hydrogens is 284 g/mol. The molecule has 1 unspecified atom stereocenters. The fraction of sp³-hybridized carbons (Fsp3) is 0.167.